The maximum atomic E-state index is 12.6. The largest absolute Gasteiger partial charge is 0.337 e. The first-order valence-corrected chi connectivity index (χ1v) is 8.85. The normalized spacial score (nSPS) is 19.6. The molecular weight excluding hydrogens is 286 g/mol. The lowest BCUT2D eigenvalue weighted by atomic mass is 10.0. The molecule has 0 spiro atoms. The molecular formula is C19H31N3O. The van der Waals surface area contributed by atoms with Gasteiger partial charge >= 0.3 is 0 Å². The fraction of sp³-hybridized carbons (Fsp3) is 0.632. The van der Waals surface area contributed by atoms with E-state index in [4.69, 9.17) is 5.73 Å². The van der Waals surface area contributed by atoms with Crippen molar-refractivity contribution in [2.75, 3.05) is 19.6 Å². The molecule has 128 valence electrons. The summed E-state index contributed by atoms with van der Waals surface area (Å²) in [4.78, 5) is 17.1. The van der Waals surface area contributed by atoms with Crippen LogP contribution >= 0.6 is 0 Å². The van der Waals surface area contributed by atoms with Crippen LogP contribution in [0.4, 0.5) is 0 Å². The smallest absolute Gasteiger partial charge is 0.240 e. The molecule has 1 unspecified atom stereocenters. The fourth-order valence-electron chi connectivity index (χ4n) is 3.24. The van der Waals surface area contributed by atoms with Crippen molar-refractivity contribution in [1.82, 2.24) is 9.80 Å². The van der Waals surface area contributed by atoms with Gasteiger partial charge in [0.15, 0.2) is 0 Å². The van der Waals surface area contributed by atoms with Crippen molar-refractivity contribution in [3.8, 4) is 0 Å². The van der Waals surface area contributed by atoms with Crippen molar-refractivity contribution in [3.63, 3.8) is 0 Å². The lowest BCUT2D eigenvalue weighted by Gasteiger charge is -2.32. The standard InChI is InChI=1S/C19H31N3O/c1-4-21(13-16-9-6-5-7-10-16)14-17-11-8-12-22(17)19(23)18(20)15(2)3/h5-7,9-10,15,17-18H,4,8,11-14,20H2,1-3H3/t17-,18?/m0/s1. The van der Waals surface area contributed by atoms with Crippen LogP contribution in [-0.2, 0) is 11.3 Å². The molecule has 0 saturated carbocycles. The lowest BCUT2D eigenvalue weighted by molar-refractivity contribution is -0.134. The summed E-state index contributed by atoms with van der Waals surface area (Å²) in [6.45, 7) is 9.93. The molecule has 1 fully saturated rings. The fourth-order valence-corrected chi connectivity index (χ4v) is 3.24. The average Bonchev–Trinajstić information content (AvgIpc) is 3.01. The Bertz CT molecular complexity index is 489. The molecule has 2 N–H and O–H groups in total. The van der Waals surface area contributed by atoms with Gasteiger partial charge in [-0.25, -0.2) is 0 Å². The summed E-state index contributed by atoms with van der Waals surface area (Å²) >= 11 is 0. The molecule has 1 aromatic rings. The van der Waals surface area contributed by atoms with Gasteiger partial charge in [0, 0.05) is 25.7 Å². The molecule has 1 aromatic carbocycles. The second kappa shape index (κ2) is 8.46. The predicted octanol–water partition coefficient (Wildman–Crippen LogP) is 2.48. The van der Waals surface area contributed by atoms with E-state index in [-0.39, 0.29) is 17.9 Å². The lowest BCUT2D eigenvalue weighted by Crippen LogP contribution is -2.51. The van der Waals surface area contributed by atoms with E-state index in [1.165, 1.54) is 5.56 Å². The van der Waals surface area contributed by atoms with Crippen LogP contribution in [0.5, 0.6) is 0 Å². The number of likely N-dealkylation sites (N-methyl/N-ethyl adjacent to an activating group) is 1. The van der Waals surface area contributed by atoms with Crippen molar-refractivity contribution in [3.05, 3.63) is 35.9 Å². The minimum atomic E-state index is -0.375. The van der Waals surface area contributed by atoms with Crippen LogP contribution in [0.15, 0.2) is 30.3 Å². The summed E-state index contributed by atoms with van der Waals surface area (Å²) in [6.07, 6.45) is 2.17. The van der Waals surface area contributed by atoms with Gasteiger partial charge in [0.05, 0.1) is 6.04 Å². The van der Waals surface area contributed by atoms with E-state index in [9.17, 15) is 4.79 Å². The van der Waals surface area contributed by atoms with Crippen LogP contribution in [0.3, 0.4) is 0 Å². The Morgan fingerprint density at radius 3 is 2.65 bits per heavy atom. The summed E-state index contributed by atoms with van der Waals surface area (Å²) in [6, 6.07) is 10.5. The van der Waals surface area contributed by atoms with Gasteiger partial charge in [-0.2, -0.15) is 0 Å². The zero-order chi connectivity index (χ0) is 16.8. The highest BCUT2D eigenvalue weighted by Crippen LogP contribution is 2.21. The number of nitrogens with zero attached hydrogens (tertiary/aromatic N) is 2. The second-order valence-electron chi connectivity index (χ2n) is 6.91. The van der Waals surface area contributed by atoms with Gasteiger partial charge < -0.3 is 10.6 Å². The number of carbonyl (C=O) groups is 1. The Balaban J connectivity index is 1.97. The number of hydrogen-bond donors (Lipinski definition) is 1. The maximum absolute atomic E-state index is 12.6. The third-order valence-electron chi connectivity index (χ3n) is 4.83. The van der Waals surface area contributed by atoms with Crippen LogP contribution in [0, 0.1) is 5.92 Å². The molecule has 1 saturated heterocycles. The number of likely N-dealkylation sites (tertiary alicyclic amines) is 1. The number of amides is 1. The molecule has 4 heteroatoms. The Labute approximate surface area is 140 Å². The zero-order valence-corrected chi connectivity index (χ0v) is 14.7. The molecule has 0 radical (unpaired) electrons. The van der Waals surface area contributed by atoms with Gasteiger partial charge in [0.25, 0.3) is 0 Å². The molecule has 1 amide bonds. The zero-order valence-electron chi connectivity index (χ0n) is 14.7. The number of rotatable bonds is 7. The van der Waals surface area contributed by atoms with Crippen LogP contribution in [0.25, 0.3) is 0 Å². The number of carbonyl (C=O) groups excluding carboxylic acids is 1. The minimum Gasteiger partial charge on any atom is -0.337 e. The van der Waals surface area contributed by atoms with Crippen LogP contribution < -0.4 is 5.73 Å². The quantitative estimate of drug-likeness (QED) is 0.840. The van der Waals surface area contributed by atoms with Gasteiger partial charge in [-0.3, -0.25) is 9.69 Å². The Kier molecular flexibility index (Phi) is 6.60. The summed E-state index contributed by atoms with van der Waals surface area (Å²) in [5.41, 5.74) is 7.41. The van der Waals surface area contributed by atoms with Crippen molar-refractivity contribution >= 4 is 5.91 Å². The summed E-state index contributed by atoms with van der Waals surface area (Å²) in [5.74, 6) is 0.314. The second-order valence-corrected chi connectivity index (χ2v) is 6.91. The topological polar surface area (TPSA) is 49.6 Å². The molecule has 1 aliphatic heterocycles. The molecule has 0 aliphatic carbocycles. The molecule has 0 bridgehead atoms. The first-order chi connectivity index (χ1) is 11.0. The minimum absolute atomic E-state index is 0.123. The Morgan fingerprint density at radius 2 is 2.04 bits per heavy atom. The molecule has 2 rings (SSSR count). The van der Waals surface area contributed by atoms with Gasteiger partial charge in [-0.1, -0.05) is 51.1 Å². The van der Waals surface area contributed by atoms with Crippen molar-refractivity contribution < 1.29 is 4.79 Å². The highest BCUT2D eigenvalue weighted by Gasteiger charge is 2.33. The third kappa shape index (κ3) is 4.79. The Hall–Kier alpha value is -1.39. The van der Waals surface area contributed by atoms with Crippen molar-refractivity contribution in [2.45, 2.75) is 52.2 Å². The first kappa shape index (κ1) is 18.0. The summed E-state index contributed by atoms with van der Waals surface area (Å²) in [7, 11) is 0. The van der Waals surface area contributed by atoms with Gasteiger partial charge in [0.1, 0.15) is 0 Å². The van der Waals surface area contributed by atoms with E-state index in [1.54, 1.807) is 0 Å². The van der Waals surface area contributed by atoms with Crippen molar-refractivity contribution in [2.24, 2.45) is 11.7 Å². The average molecular weight is 317 g/mol. The van der Waals surface area contributed by atoms with E-state index in [0.29, 0.717) is 6.04 Å². The predicted molar refractivity (Wildman–Crippen MR) is 94.9 cm³/mol. The van der Waals surface area contributed by atoms with E-state index >= 15 is 0 Å². The molecule has 4 nitrogen and oxygen atoms in total. The number of benzene rings is 1. The van der Waals surface area contributed by atoms with Crippen LogP contribution in [0.2, 0.25) is 0 Å². The maximum Gasteiger partial charge on any atom is 0.240 e. The molecule has 23 heavy (non-hydrogen) atoms. The van der Waals surface area contributed by atoms with Crippen LogP contribution in [-0.4, -0.2) is 47.4 Å². The summed E-state index contributed by atoms with van der Waals surface area (Å²) in [5, 5.41) is 0. The van der Waals surface area contributed by atoms with Gasteiger partial charge in [0.2, 0.25) is 5.91 Å². The van der Waals surface area contributed by atoms with Crippen molar-refractivity contribution in [1.29, 1.82) is 0 Å². The van der Waals surface area contributed by atoms with E-state index in [1.807, 2.05) is 24.8 Å². The number of hydrogen-bond acceptors (Lipinski definition) is 3. The van der Waals surface area contributed by atoms with Gasteiger partial charge in [-0.05, 0) is 30.9 Å². The Morgan fingerprint density at radius 1 is 1.35 bits per heavy atom. The van der Waals surface area contributed by atoms with E-state index in [0.717, 1.165) is 39.0 Å². The highest BCUT2D eigenvalue weighted by atomic mass is 16.2. The van der Waals surface area contributed by atoms with E-state index in [2.05, 4.69) is 36.1 Å². The molecule has 2 atom stereocenters. The van der Waals surface area contributed by atoms with Crippen LogP contribution in [0.1, 0.15) is 39.2 Å². The first-order valence-electron chi connectivity index (χ1n) is 8.85. The SMILES string of the molecule is CCN(Cc1ccccc1)C[C@@H]1CCCN1C(=O)C(N)C(C)C. The molecule has 1 heterocycles. The number of nitrogens with two attached hydrogens (primary N) is 1. The third-order valence-corrected chi connectivity index (χ3v) is 4.83. The monoisotopic (exact) mass is 317 g/mol. The van der Waals surface area contributed by atoms with Gasteiger partial charge in [-0.15, -0.1) is 0 Å². The summed E-state index contributed by atoms with van der Waals surface area (Å²) < 4.78 is 0. The molecule has 0 aromatic heterocycles. The van der Waals surface area contributed by atoms with E-state index < -0.39 is 0 Å². The highest BCUT2D eigenvalue weighted by molar-refractivity contribution is 5.82. The molecule has 1 aliphatic rings.